The molecule has 140 valence electrons. The van der Waals surface area contributed by atoms with Crippen molar-refractivity contribution in [1.82, 2.24) is 4.72 Å². The van der Waals surface area contributed by atoms with Crippen molar-refractivity contribution in [2.45, 2.75) is 56.9 Å². The van der Waals surface area contributed by atoms with Gasteiger partial charge in [-0.1, -0.05) is 73.5 Å². The third-order valence-corrected chi connectivity index (χ3v) is 5.86. The zero-order valence-electron chi connectivity index (χ0n) is 15.7. The van der Waals surface area contributed by atoms with Gasteiger partial charge in [-0.15, -0.1) is 0 Å². The Balaban J connectivity index is 2.07. The molecule has 2 aromatic rings. The van der Waals surface area contributed by atoms with E-state index in [1.807, 2.05) is 37.3 Å². The van der Waals surface area contributed by atoms with Crippen LogP contribution in [0.25, 0.3) is 0 Å². The van der Waals surface area contributed by atoms with Crippen molar-refractivity contribution in [2.24, 2.45) is 0 Å². The Bertz CT molecular complexity index is 781. The van der Waals surface area contributed by atoms with Crippen molar-refractivity contribution >= 4 is 10.0 Å². The minimum absolute atomic E-state index is 0.116. The van der Waals surface area contributed by atoms with E-state index in [4.69, 9.17) is 0 Å². The van der Waals surface area contributed by atoms with E-state index in [0.29, 0.717) is 11.3 Å². The lowest BCUT2D eigenvalue weighted by molar-refractivity contribution is 0.528. The molecule has 26 heavy (non-hydrogen) atoms. The van der Waals surface area contributed by atoms with E-state index in [-0.39, 0.29) is 6.04 Å². The van der Waals surface area contributed by atoms with Crippen molar-refractivity contribution in [3.63, 3.8) is 0 Å². The SMILES string of the molecule is CCC/C=C/CC(CCc1ccccc1)NS(=O)(=O)c1ccc(C)cc1. The number of benzene rings is 2. The third kappa shape index (κ3) is 6.77. The van der Waals surface area contributed by atoms with Gasteiger partial charge in [0.05, 0.1) is 4.90 Å². The first-order chi connectivity index (χ1) is 12.5. The van der Waals surface area contributed by atoms with Gasteiger partial charge in [0, 0.05) is 6.04 Å². The number of allylic oxidation sites excluding steroid dienone is 1. The first-order valence-electron chi connectivity index (χ1n) is 9.29. The summed E-state index contributed by atoms with van der Waals surface area (Å²) in [4.78, 5) is 0.324. The number of aryl methyl sites for hydroxylation is 2. The summed E-state index contributed by atoms with van der Waals surface area (Å²) in [5.41, 5.74) is 2.27. The Morgan fingerprint density at radius 1 is 1.00 bits per heavy atom. The second-order valence-corrected chi connectivity index (χ2v) is 8.37. The largest absolute Gasteiger partial charge is 0.240 e. The molecule has 0 fully saturated rings. The summed E-state index contributed by atoms with van der Waals surface area (Å²) in [6.07, 6.45) is 8.68. The molecule has 0 saturated heterocycles. The second kappa shape index (κ2) is 10.3. The van der Waals surface area contributed by atoms with E-state index in [0.717, 1.165) is 31.2 Å². The van der Waals surface area contributed by atoms with Crippen LogP contribution in [0.15, 0.2) is 71.6 Å². The third-order valence-electron chi connectivity index (χ3n) is 4.32. The van der Waals surface area contributed by atoms with Crippen LogP contribution < -0.4 is 4.72 Å². The van der Waals surface area contributed by atoms with Crippen molar-refractivity contribution in [3.8, 4) is 0 Å². The van der Waals surface area contributed by atoms with Gasteiger partial charge in [0.15, 0.2) is 0 Å². The Morgan fingerprint density at radius 2 is 1.69 bits per heavy atom. The minimum Gasteiger partial charge on any atom is -0.208 e. The fourth-order valence-electron chi connectivity index (χ4n) is 2.76. The zero-order chi connectivity index (χ0) is 18.8. The van der Waals surface area contributed by atoms with Crippen molar-refractivity contribution < 1.29 is 8.42 Å². The van der Waals surface area contributed by atoms with Gasteiger partial charge in [-0.25, -0.2) is 13.1 Å². The molecule has 2 aromatic carbocycles. The first kappa shape index (κ1) is 20.4. The van der Waals surface area contributed by atoms with Crippen LogP contribution in [0.5, 0.6) is 0 Å². The summed E-state index contributed by atoms with van der Waals surface area (Å²) in [5, 5.41) is 0. The molecule has 0 aliphatic carbocycles. The fourth-order valence-corrected chi connectivity index (χ4v) is 4.04. The number of rotatable bonds is 10. The maximum Gasteiger partial charge on any atom is 0.240 e. The number of sulfonamides is 1. The molecule has 1 N–H and O–H groups in total. The predicted octanol–water partition coefficient (Wildman–Crippen LogP) is 5.02. The summed E-state index contributed by atoms with van der Waals surface area (Å²) < 4.78 is 28.3. The van der Waals surface area contributed by atoms with E-state index < -0.39 is 10.0 Å². The van der Waals surface area contributed by atoms with Crippen molar-refractivity contribution in [3.05, 3.63) is 77.9 Å². The molecule has 0 saturated carbocycles. The maximum absolute atomic E-state index is 12.7. The van der Waals surface area contributed by atoms with Gasteiger partial charge in [0.25, 0.3) is 0 Å². The molecule has 1 unspecified atom stereocenters. The molecule has 4 heteroatoms. The van der Waals surface area contributed by atoms with Gasteiger partial charge >= 0.3 is 0 Å². The fraction of sp³-hybridized carbons (Fsp3) is 0.364. The molecule has 1 atom stereocenters. The molecule has 0 bridgehead atoms. The van der Waals surface area contributed by atoms with Crippen LogP contribution in [0.2, 0.25) is 0 Å². The van der Waals surface area contributed by atoms with E-state index >= 15 is 0 Å². The Hall–Kier alpha value is -1.91. The average Bonchev–Trinajstić information content (AvgIpc) is 2.64. The highest BCUT2D eigenvalue weighted by molar-refractivity contribution is 7.89. The molecule has 0 aliphatic rings. The zero-order valence-corrected chi connectivity index (χ0v) is 16.5. The first-order valence-corrected chi connectivity index (χ1v) is 10.8. The summed E-state index contributed by atoms with van der Waals surface area (Å²) in [6.45, 7) is 4.09. The molecule has 0 spiro atoms. The summed E-state index contributed by atoms with van der Waals surface area (Å²) in [5.74, 6) is 0. The molecular formula is C22H29NO2S. The van der Waals surface area contributed by atoms with Crippen LogP contribution in [0.3, 0.4) is 0 Å². The Labute approximate surface area is 158 Å². The maximum atomic E-state index is 12.7. The monoisotopic (exact) mass is 371 g/mol. The number of hydrogen-bond acceptors (Lipinski definition) is 2. The Kier molecular flexibility index (Phi) is 8.07. The molecule has 0 amide bonds. The lowest BCUT2D eigenvalue weighted by Crippen LogP contribution is -2.35. The van der Waals surface area contributed by atoms with Gasteiger partial charge in [-0.05, 0) is 50.3 Å². The van der Waals surface area contributed by atoms with Crippen molar-refractivity contribution in [1.29, 1.82) is 0 Å². The van der Waals surface area contributed by atoms with E-state index in [1.54, 1.807) is 12.1 Å². The van der Waals surface area contributed by atoms with Gasteiger partial charge in [0.1, 0.15) is 0 Å². The van der Waals surface area contributed by atoms with Crippen LogP contribution in [-0.2, 0) is 16.4 Å². The normalized spacial score (nSPS) is 13.2. The lowest BCUT2D eigenvalue weighted by Gasteiger charge is -2.18. The summed E-state index contributed by atoms with van der Waals surface area (Å²) in [6, 6.07) is 17.1. The van der Waals surface area contributed by atoms with Gasteiger partial charge in [-0.2, -0.15) is 0 Å². The highest BCUT2D eigenvalue weighted by atomic mass is 32.2. The molecule has 0 heterocycles. The highest BCUT2D eigenvalue weighted by Crippen LogP contribution is 2.14. The van der Waals surface area contributed by atoms with E-state index in [9.17, 15) is 8.42 Å². The van der Waals surface area contributed by atoms with Gasteiger partial charge in [0.2, 0.25) is 10.0 Å². The van der Waals surface area contributed by atoms with Crippen LogP contribution >= 0.6 is 0 Å². The molecule has 0 aliphatic heterocycles. The van der Waals surface area contributed by atoms with Crippen LogP contribution in [0, 0.1) is 6.92 Å². The number of nitrogens with one attached hydrogen (secondary N) is 1. The molecule has 0 radical (unpaired) electrons. The van der Waals surface area contributed by atoms with E-state index in [2.05, 4.69) is 35.9 Å². The lowest BCUT2D eigenvalue weighted by atomic mass is 10.0. The number of hydrogen-bond donors (Lipinski definition) is 1. The smallest absolute Gasteiger partial charge is 0.208 e. The highest BCUT2D eigenvalue weighted by Gasteiger charge is 2.19. The summed E-state index contributed by atoms with van der Waals surface area (Å²) in [7, 11) is -3.51. The van der Waals surface area contributed by atoms with Crippen molar-refractivity contribution in [2.75, 3.05) is 0 Å². The summed E-state index contributed by atoms with van der Waals surface area (Å²) >= 11 is 0. The van der Waals surface area contributed by atoms with E-state index in [1.165, 1.54) is 5.56 Å². The minimum atomic E-state index is -3.51. The van der Waals surface area contributed by atoms with Crippen LogP contribution in [-0.4, -0.2) is 14.5 Å². The molecule has 3 nitrogen and oxygen atoms in total. The topological polar surface area (TPSA) is 46.2 Å². The molecule has 0 aromatic heterocycles. The Morgan fingerprint density at radius 3 is 2.35 bits per heavy atom. The van der Waals surface area contributed by atoms with Crippen LogP contribution in [0.4, 0.5) is 0 Å². The second-order valence-electron chi connectivity index (χ2n) is 6.65. The molecular weight excluding hydrogens is 342 g/mol. The quantitative estimate of drug-likeness (QED) is 0.596. The standard InChI is InChI=1S/C22H29NO2S/c1-3-4-5-9-12-21(16-15-20-10-7-6-8-11-20)23-26(24,25)22-17-13-19(2)14-18-22/h5-11,13-14,17-18,21,23H,3-4,12,15-16H2,1-2H3/b9-5+. The predicted molar refractivity (Wildman–Crippen MR) is 109 cm³/mol. The van der Waals surface area contributed by atoms with Crippen LogP contribution in [0.1, 0.15) is 43.7 Å². The average molecular weight is 372 g/mol. The number of unbranched alkanes of at least 4 members (excludes halogenated alkanes) is 1. The van der Waals surface area contributed by atoms with Gasteiger partial charge in [-0.3, -0.25) is 0 Å². The van der Waals surface area contributed by atoms with Gasteiger partial charge < -0.3 is 0 Å². The molecule has 2 rings (SSSR count).